The topological polar surface area (TPSA) is 20.2 Å². The molecular formula is C16H29N3. The van der Waals surface area contributed by atoms with Crippen LogP contribution in [-0.2, 0) is 13.1 Å². The van der Waals surface area contributed by atoms with Crippen molar-refractivity contribution in [2.45, 2.75) is 57.7 Å². The van der Waals surface area contributed by atoms with Gasteiger partial charge in [0.05, 0.1) is 0 Å². The molecule has 1 aliphatic rings. The van der Waals surface area contributed by atoms with Crippen LogP contribution < -0.4 is 5.32 Å². The minimum Gasteiger partial charge on any atom is -0.354 e. The van der Waals surface area contributed by atoms with Gasteiger partial charge in [-0.05, 0) is 45.5 Å². The number of rotatable bonds is 6. The summed E-state index contributed by atoms with van der Waals surface area (Å²) >= 11 is 0. The normalized spacial score (nSPS) is 18.9. The Kier molecular flexibility index (Phi) is 5.06. The standard InChI is InChI=1S/C16H29N3/c1-4-19-11-8-15(13-19)12-17-14-16(18(2)3)9-6-5-7-10-16/h8,11,13,17H,4-7,9-10,12,14H2,1-3H3. The molecule has 0 aromatic carbocycles. The van der Waals surface area contributed by atoms with E-state index in [0.717, 1.165) is 19.6 Å². The first-order valence-corrected chi connectivity index (χ1v) is 7.69. The van der Waals surface area contributed by atoms with Crippen molar-refractivity contribution in [2.75, 3.05) is 20.6 Å². The van der Waals surface area contributed by atoms with E-state index in [-0.39, 0.29) is 0 Å². The van der Waals surface area contributed by atoms with Crippen molar-refractivity contribution in [1.82, 2.24) is 14.8 Å². The maximum Gasteiger partial charge on any atom is 0.0328 e. The van der Waals surface area contributed by atoms with Gasteiger partial charge in [-0.3, -0.25) is 0 Å². The lowest BCUT2D eigenvalue weighted by atomic mass is 9.80. The van der Waals surface area contributed by atoms with Gasteiger partial charge in [0.25, 0.3) is 0 Å². The van der Waals surface area contributed by atoms with Crippen molar-refractivity contribution in [3.05, 3.63) is 24.0 Å². The Morgan fingerprint density at radius 3 is 2.58 bits per heavy atom. The van der Waals surface area contributed by atoms with Crippen LogP contribution in [0.1, 0.15) is 44.6 Å². The van der Waals surface area contributed by atoms with Gasteiger partial charge in [-0.15, -0.1) is 0 Å². The summed E-state index contributed by atoms with van der Waals surface area (Å²) < 4.78 is 2.24. The van der Waals surface area contributed by atoms with Crippen molar-refractivity contribution in [3.63, 3.8) is 0 Å². The molecule has 0 atom stereocenters. The highest BCUT2D eigenvalue weighted by Gasteiger charge is 2.33. The molecule has 0 unspecified atom stereocenters. The summed E-state index contributed by atoms with van der Waals surface area (Å²) in [6.07, 6.45) is 11.3. The van der Waals surface area contributed by atoms with E-state index >= 15 is 0 Å². The van der Waals surface area contributed by atoms with Crippen LogP contribution in [0.15, 0.2) is 18.5 Å². The summed E-state index contributed by atoms with van der Waals surface area (Å²) in [5, 5.41) is 3.68. The monoisotopic (exact) mass is 263 g/mol. The van der Waals surface area contributed by atoms with Gasteiger partial charge in [0.15, 0.2) is 0 Å². The molecule has 0 aliphatic heterocycles. The van der Waals surface area contributed by atoms with Crippen molar-refractivity contribution >= 4 is 0 Å². The van der Waals surface area contributed by atoms with Crippen molar-refractivity contribution in [2.24, 2.45) is 0 Å². The zero-order valence-electron chi connectivity index (χ0n) is 12.8. The Labute approximate surface area is 118 Å². The van der Waals surface area contributed by atoms with E-state index in [2.05, 4.69) is 54.3 Å². The number of nitrogens with one attached hydrogen (secondary N) is 1. The predicted octanol–water partition coefficient (Wildman–Crippen LogP) is 2.86. The van der Waals surface area contributed by atoms with E-state index in [0.29, 0.717) is 5.54 Å². The van der Waals surface area contributed by atoms with Crippen LogP contribution in [0.3, 0.4) is 0 Å². The molecule has 0 amide bonds. The fourth-order valence-corrected chi connectivity index (χ4v) is 3.22. The lowest BCUT2D eigenvalue weighted by molar-refractivity contribution is 0.0984. The summed E-state index contributed by atoms with van der Waals surface area (Å²) in [6.45, 7) is 5.34. The molecule has 1 aromatic heterocycles. The van der Waals surface area contributed by atoms with Gasteiger partial charge < -0.3 is 14.8 Å². The van der Waals surface area contributed by atoms with Crippen LogP contribution in [0, 0.1) is 0 Å². The fourth-order valence-electron chi connectivity index (χ4n) is 3.22. The van der Waals surface area contributed by atoms with Crippen molar-refractivity contribution in [3.8, 4) is 0 Å². The number of likely N-dealkylation sites (N-methyl/N-ethyl adjacent to an activating group) is 1. The van der Waals surface area contributed by atoms with E-state index in [1.165, 1.54) is 37.7 Å². The first-order chi connectivity index (χ1) is 9.16. The molecule has 19 heavy (non-hydrogen) atoms. The zero-order valence-corrected chi connectivity index (χ0v) is 12.8. The third kappa shape index (κ3) is 3.61. The van der Waals surface area contributed by atoms with E-state index < -0.39 is 0 Å². The summed E-state index contributed by atoms with van der Waals surface area (Å²) in [5.74, 6) is 0. The highest BCUT2D eigenvalue weighted by Crippen LogP contribution is 2.31. The van der Waals surface area contributed by atoms with Crippen LogP contribution >= 0.6 is 0 Å². The second-order valence-electron chi connectivity index (χ2n) is 6.13. The van der Waals surface area contributed by atoms with E-state index in [9.17, 15) is 0 Å². The average Bonchev–Trinajstić information content (AvgIpc) is 2.87. The minimum atomic E-state index is 0.381. The Hall–Kier alpha value is -0.800. The lowest BCUT2D eigenvalue weighted by Gasteiger charge is -2.43. The fraction of sp³-hybridized carbons (Fsp3) is 0.750. The molecule has 1 N–H and O–H groups in total. The van der Waals surface area contributed by atoms with Gasteiger partial charge in [-0.2, -0.15) is 0 Å². The van der Waals surface area contributed by atoms with Gasteiger partial charge in [0.1, 0.15) is 0 Å². The molecule has 1 fully saturated rings. The summed E-state index contributed by atoms with van der Waals surface area (Å²) in [7, 11) is 4.47. The van der Waals surface area contributed by atoms with Gasteiger partial charge in [-0.25, -0.2) is 0 Å². The highest BCUT2D eigenvalue weighted by molar-refractivity contribution is 5.10. The first kappa shape index (κ1) is 14.6. The molecule has 0 radical (unpaired) electrons. The van der Waals surface area contributed by atoms with Gasteiger partial charge >= 0.3 is 0 Å². The van der Waals surface area contributed by atoms with Crippen LogP contribution in [0.4, 0.5) is 0 Å². The minimum absolute atomic E-state index is 0.381. The molecule has 0 spiro atoms. The smallest absolute Gasteiger partial charge is 0.0328 e. The maximum atomic E-state index is 3.68. The molecular weight excluding hydrogens is 234 g/mol. The Morgan fingerprint density at radius 2 is 2.00 bits per heavy atom. The third-order valence-electron chi connectivity index (χ3n) is 4.69. The SMILES string of the molecule is CCn1ccc(CNCC2(N(C)C)CCCCC2)c1. The quantitative estimate of drug-likeness (QED) is 0.851. The van der Waals surface area contributed by atoms with Gasteiger partial charge in [-0.1, -0.05) is 19.3 Å². The summed E-state index contributed by atoms with van der Waals surface area (Å²) in [4.78, 5) is 2.44. The average molecular weight is 263 g/mol. The molecule has 2 rings (SSSR count). The summed E-state index contributed by atoms with van der Waals surface area (Å²) in [6, 6.07) is 2.22. The second kappa shape index (κ2) is 6.58. The van der Waals surface area contributed by atoms with E-state index in [1.54, 1.807) is 0 Å². The molecule has 0 bridgehead atoms. The Bertz CT molecular complexity index is 375. The molecule has 0 saturated heterocycles. The van der Waals surface area contributed by atoms with Crippen LogP contribution in [0.25, 0.3) is 0 Å². The number of aromatic nitrogens is 1. The number of hydrogen-bond acceptors (Lipinski definition) is 2. The molecule has 1 saturated carbocycles. The molecule has 1 aromatic rings. The molecule has 3 nitrogen and oxygen atoms in total. The second-order valence-corrected chi connectivity index (χ2v) is 6.13. The van der Waals surface area contributed by atoms with Crippen LogP contribution in [0.2, 0.25) is 0 Å². The Morgan fingerprint density at radius 1 is 1.26 bits per heavy atom. The summed E-state index contributed by atoms with van der Waals surface area (Å²) in [5.41, 5.74) is 1.78. The van der Waals surface area contributed by atoms with E-state index in [4.69, 9.17) is 0 Å². The molecule has 108 valence electrons. The van der Waals surface area contributed by atoms with Crippen molar-refractivity contribution in [1.29, 1.82) is 0 Å². The first-order valence-electron chi connectivity index (χ1n) is 7.69. The highest BCUT2D eigenvalue weighted by atomic mass is 15.2. The van der Waals surface area contributed by atoms with E-state index in [1.807, 2.05) is 0 Å². The van der Waals surface area contributed by atoms with Crippen LogP contribution in [0.5, 0.6) is 0 Å². The van der Waals surface area contributed by atoms with Gasteiger partial charge in [0.2, 0.25) is 0 Å². The molecule has 3 heteroatoms. The predicted molar refractivity (Wildman–Crippen MR) is 81.3 cm³/mol. The number of nitrogens with zero attached hydrogens (tertiary/aromatic N) is 2. The third-order valence-corrected chi connectivity index (χ3v) is 4.69. The zero-order chi connectivity index (χ0) is 13.7. The lowest BCUT2D eigenvalue weighted by Crippen LogP contribution is -2.52. The Balaban J connectivity index is 1.85. The molecule has 1 aliphatic carbocycles. The molecule has 1 heterocycles. The van der Waals surface area contributed by atoms with Gasteiger partial charge in [0, 0.05) is 37.6 Å². The maximum absolute atomic E-state index is 3.68. The van der Waals surface area contributed by atoms with Crippen molar-refractivity contribution < 1.29 is 0 Å². The number of aryl methyl sites for hydroxylation is 1. The van der Waals surface area contributed by atoms with Crippen LogP contribution in [-0.4, -0.2) is 35.6 Å². The largest absolute Gasteiger partial charge is 0.354 e. The number of hydrogen-bond donors (Lipinski definition) is 1.